The largest absolute Gasteiger partial charge is 0.474 e. The average Bonchev–Trinajstić information content (AvgIpc) is 3.44. The number of nitrogens with one attached hydrogen (secondary N) is 2. The molecule has 2 unspecified atom stereocenters. The molecule has 0 bridgehead atoms. The van der Waals surface area contributed by atoms with Crippen LogP contribution >= 0.6 is 0 Å². The van der Waals surface area contributed by atoms with Gasteiger partial charge in [0, 0.05) is 44.6 Å². The summed E-state index contributed by atoms with van der Waals surface area (Å²) >= 11 is 0. The number of hydrogen-bond acceptors (Lipinski definition) is 9. The fourth-order valence-electron chi connectivity index (χ4n) is 7.10. The number of alkyl halides is 5. The van der Waals surface area contributed by atoms with E-state index in [1.807, 2.05) is 6.92 Å². The van der Waals surface area contributed by atoms with Crippen LogP contribution in [0.5, 0.6) is 11.9 Å². The molecule has 16 heteroatoms. The molecule has 0 aliphatic carbocycles. The van der Waals surface area contributed by atoms with Gasteiger partial charge in [0.05, 0.1) is 22.9 Å². The van der Waals surface area contributed by atoms with E-state index in [1.165, 1.54) is 0 Å². The molecule has 4 N–H and O–H groups in total. The molecule has 0 spiro atoms. The lowest BCUT2D eigenvalue weighted by molar-refractivity contribution is -0.137. The molecule has 1 aromatic carbocycles. The summed E-state index contributed by atoms with van der Waals surface area (Å²) in [6.07, 6.45) is -7.42. The van der Waals surface area contributed by atoms with Crippen LogP contribution in [-0.4, -0.2) is 83.2 Å². The molecule has 0 radical (unpaired) electrons. The summed E-state index contributed by atoms with van der Waals surface area (Å²) in [7, 11) is 0. The van der Waals surface area contributed by atoms with Crippen molar-refractivity contribution in [2.24, 2.45) is 5.92 Å². The van der Waals surface area contributed by atoms with E-state index >= 15 is 4.39 Å². The number of nitrogens with two attached hydrogens (primary N) is 1. The second kappa shape index (κ2) is 12.4. The Balaban J connectivity index is 1.54. The van der Waals surface area contributed by atoms with Crippen molar-refractivity contribution in [2.45, 2.75) is 70.2 Å². The number of pyridine rings is 1. The summed E-state index contributed by atoms with van der Waals surface area (Å²) < 4.78 is 115. The van der Waals surface area contributed by atoms with Crippen molar-refractivity contribution in [2.75, 3.05) is 50.4 Å². The van der Waals surface area contributed by atoms with Gasteiger partial charge in [-0.3, -0.25) is 4.90 Å². The molecule has 2 aromatic heterocycles. The van der Waals surface area contributed by atoms with Crippen LogP contribution in [0.2, 0.25) is 0 Å². The molecule has 3 aliphatic heterocycles. The maximum atomic E-state index is 16.7. The predicted octanol–water partition coefficient (Wildman–Crippen LogP) is 5.59. The van der Waals surface area contributed by atoms with E-state index in [4.69, 9.17) is 15.2 Å². The zero-order valence-corrected chi connectivity index (χ0v) is 26.1. The Morgan fingerprint density at radius 3 is 2.45 bits per heavy atom. The fraction of sp³-hybridized carbons (Fsp3) is 0.581. The van der Waals surface area contributed by atoms with E-state index < -0.39 is 75.4 Å². The summed E-state index contributed by atoms with van der Waals surface area (Å²) in [4.78, 5) is 14.6. The van der Waals surface area contributed by atoms with Gasteiger partial charge in [-0.05, 0) is 44.4 Å². The van der Waals surface area contributed by atoms with Gasteiger partial charge in [0.15, 0.2) is 5.82 Å². The summed E-state index contributed by atoms with van der Waals surface area (Å²) in [5.41, 5.74) is -0.209. The van der Waals surface area contributed by atoms with E-state index in [0.29, 0.717) is 32.1 Å². The molecular formula is C31H36F7N7O2. The van der Waals surface area contributed by atoms with Crippen LogP contribution < -0.4 is 25.8 Å². The van der Waals surface area contributed by atoms with Crippen molar-refractivity contribution in [3.8, 4) is 23.1 Å². The van der Waals surface area contributed by atoms with Crippen molar-refractivity contribution < 1.29 is 40.2 Å². The molecule has 5 heterocycles. The van der Waals surface area contributed by atoms with Crippen molar-refractivity contribution >= 4 is 22.4 Å². The van der Waals surface area contributed by atoms with Crippen molar-refractivity contribution in [1.29, 1.82) is 0 Å². The molecule has 5 atom stereocenters. The van der Waals surface area contributed by atoms with Crippen LogP contribution in [0.3, 0.4) is 0 Å². The Morgan fingerprint density at radius 1 is 1.06 bits per heavy atom. The van der Waals surface area contributed by atoms with Gasteiger partial charge < -0.3 is 25.8 Å². The van der Waals surface area contributed by atoms with Gasteiger partial charge in [0.2, 0.25) is 5.88 Å². The predicted molar refractivity (Wildman–Crippen MR) is 161 cm³/mol. The molecule has 2 fully saturated rings. The van der Waals surface area contributed by atoms with Gasteiger partial charge in [-0.15, -0.1) is 0 Å². The van der Waals surface area contributed by atoms with Crippen molar-refractivity contribution in [1.82, 2.24) is 25.2 Å². The number of rotatable bonds is 4. The first-order chi connectivity index (χ1) is 22.2. The number of fused-ring (bicyclic) bond motifs is 1. The standard InChI is InChI=1S/C31H36F7N7O2/c1-14-6-15(2)47-28-21-26(24(35)25(42-28)19-7-20(39)23(34)16(3)22(19)31(36,37)38)43-29(44-27(21)41-5-4-40-10-14)46-13-30-8-17(32)11-45(30)12-18(33)9-30/h7,14-15,17-18,40H,4-6,8-13,39H2,1-3H3,(H,41,43,44)/t14?,15-,17-,18+,30?/m0/s1. The van der Waals surface area contributed by atoms with Crippen molar-refractivity contribution in [3.05, 3.63) is 28.8 Å². The highest BCUT2D eigenvalue weighted by atomic mass is 19.4. The highest BCUT2D eigenvalue weighted by molar-refractivity contribution is 5.96. The summed E-state index contributed by atoms with van der Waals surface area (Å²) in [6.45, 7) is 5.96. The molecule has 3 aromatic rings. The number of nitrogen functional groups attached to an aromatic ring is 1. The molecule has 0 amide bonds. The second-order valence-corrected chi connectivity index (χ2v) is 12.9. The van der Waals surface area contributed by atoms with E-state index in [2.05, 4.69) is 25.6 Å². The number of benzene rings is 1. The number of halogens is 7. The van der Waals surface area contributed by atoms with Crippen LogP contribution in [0.1, 0.15) is 44.2 Å². The Kier molecular flexibility index (Phi) is 8.78. The van der Waals surface area contributed by atoms with E-state index in [0.717, 1.165) is 6.92 Å². The maximum absolute atomic E-state index is 16.7. The Bertz CT molecular complexity index is 1660. The Hall–Kier alpha value is -3.66. The van der Waals surface area contributed by atoms with Gasteiger partial charge in [0.25, 0.3) is 0 Å². The smallest absolute Gasteiger partial charge is 0.417 e. The number of nitrogens with zero attached hydrogens (tertiary/aromatic N) is 4. The second-order valence-electron chi connectivity index (χ2n) is 12.9. The maximum Gasteiger partial charge on any atom is 0.417 e. The van der Waals surface area contributed by atoms with Gasteiger partial charge in [-0.1, -0.05) is 6.92 Å². The molecule has 256 valence electrons. The van der Waals surface area contributed by atoms with E-state index in [-0.39, 0.29) is 61.6 Å². The third kappa shape index (κ3) is 6.33. The van der Waals surface area contributed by atoms with Crippen LogP contribution in [0, 0.1) is 24.5 Å². The first kappa shape index (κ1) is 33.2. The number of hydrogen-bond donors (Lipinski definition) is 3. The minimum absolute atomic E-state index is 0.0278. The van der Waals surface area contributed by atoms with Crippen LogP contribution in [0.25, 0.3) is 22.2 Å². The normalized spacial score (nSPS) is 27.1. The van der Waals surface area contributed by atoms with Crippen LogP contribution in [0.4, 0.5) is 42.2 Å². The topological polar surface area (TPSA) is 110 Å². The zero-order valence-electron chi connectivity index (χ0n) is 26.1. The lowest BCUT2D eigenvalue weighted by atomic mass is 9.94. The molecular weight excluding hydrogens is 635 g/mol. The zero-order chi connectivity index (χ0) is 33.8. The third-order valence-electron chi connectivity index (χ3n) is 9.11. The number of ether oxygens (including phenoxy) is 2. The minimum atomic E-state index is -5.10. The highest BCUT2D eigenvalue weighted by Crippen LogP contribution is 2.45. The molecule has 3 aliphatic rings. The van der Waals surface area contributed by atoms with Crippen LogP contribution in [0.15, 0.2) is 6.07 Å². The molecule has 0 saturated carbocycles. The summed E-state index contributed by atoms with van der Waals surface area (Å²) in [5.74, 6) is -2.64. The van der Waals surface area contributed by atoms with Crippen molar-refractivity contribution in [3.63, 3.8) is 0 Å². The van der Waals surface area contributed by atoms with Gasteiger partial charge in [-0.2, -0.15) is 23.1 Å². The minimum Gasteiger partial charge on any atom is -0.474 e. The van der Waals surface area contributed by atoms with E-state index in [9.17, 15) is 26.3 Å². The summed E-state index contributed by atoms with van der Waals surface area (Å²) in [6, 6.07) is 0.322. The Labute approximate surface area is 266 Å². The Morgan fingerprint density at radius 2 is 1.77 bits per heavy atom. The SMILES string of the molecule is Cc1c(F)c(N)cc(-c2nc3c4c(nc(OCC56C[C@H](F)CN5C[C@H](F)C6)nc4c2F)NCCNCC(C)C[C@H](C)O3)c1C(F)(F)F. The van der Waals surface area contributed by atoms with Crippen LogP contribution in [-0.2, 0) is 6.18 Å². The highest BCUT2D eigenvalue weighted by Gasteiger charge is 2.53. The molecule has 2 saturated heterocycles. The van der Waals surface area contributed by atoms with Gasteiger partial charge >= 0.3 is 12.2 Å². The number of anilines is 2. The molecule has 9 nitrogen and oxygen atoms in total. The summed E-state index contributed by atoms with van der Waals surface area (Å²) in [5, 5.41) is 6.35. The van der Waals surface area contributed by atoms with Gasteiger partial charge in [0.1, 0.15) is 47.2 Å². The lowest BCUT2D eigenvalue weighted by Gasteiger charge is -2.30. The first-order valence-corrected chi connectivity index (χ1v) is 15.5. The fourth-order valence-corrected chi connectivity index (χ4v) is 7.10. The molecule has 6 rings (SSSR count). The molecule has 47 heavy (non-hydrogen) atoms. The average molecular weight is 672 g/mol. The third-order valence-corrected chi connectivity index (χ3v) is 9.11. The first-order valence-electron chi connectivity index (χ1n) is 15.5. The number of aromatic nitrogens is 3. The lowest BCUT2D eigenvalue weighted by Crippen LogP contribution is -2.43. The monoisotopic (exact) mass is 671 g/mol. The quantitative estimate of drug-likeness (QED) is 0.242. The van der Waals surface area contributed by atoms with E-state index in [1.54, 1.807) is 11.8 Å². The van der Waals surface area contributed by atoms with Gasteiger partial charge in [-0.25, -0.2) is 22.5 Å².